The second-order valence-corrected chi connectivity index (χ2v) is 13.4. The molecule has 0 aromatic heterocycles. The molecule has 1 aliphatic heterocycles. The standard InChI is InChI=1S/C28H40N4O.C8H18O.C2H6/c1-21-9-11-22(12-10-21)25(30)27(2)19-23(13-14-24(27)29)26(33)31-20-28(15-5-3-6-16-28)32-17-7-4-8-18-32;1-4-7(3)6-8(9)5-2;1-2/h9-14,30H,3-8,15-20,29H2,1-2H3,(H,31,33);7-9H,4-6H2,1-3H3;1-2H3. The first-order valence-electron chi connectivity index (χ1n) is 17.6. The number of aliphatic hydroxyl groups is 1. The Morgan fingerprint density at radius 3 is 2.16 bits per heavy atom. The molecule has 44 heavy (non-hydrogen) atoms. The van der Waals surface area contributed by atoms with Gasteiger partial charge in [-0.05, 0) is 89.4 Å². The minimum absolute atomic E-state index is 0.0105. The van der Waals surface area contributed by atoms with Crippen molar-refractivity contribution in [2.24, 2.45) is 17.1 Å². The Morgan fingerprint density at radius 2 is 1.59 bits per heavy atom. The van der Waals surface area contributed by atoms with E-state index in [9.17, 15) is 4.79 Å². The van der Waals surface area contributed by atoms with E-state index in [0.29, 0.717) is 35.9 Å². The number of rotatable bonds is 10. The van der Waals surface area contributed by atoms with Crippen molar-refractivity contribution >= 4 is 11.6 Å². The smallest absolute Gasteiger partial charge is 0.247 e. The van der Waals surface area contributed by atoms with Gasteiger partial charge in [-0.1, -0.05) is 103 Å². The molecule has 0 radical (unpaired) electrons. The van der Waals surface area contributed by atoms with Crippen LogP contribution in [0.25, 0.3) is 0 Å². The van der Waals surface area contributed by atoms with Crippen molar-refractivity contribution in [1.29, 1.82) is 5.41 Å². The summed E-state index contributed by atoms with van der Waals surface area (Å²) < 4.78 is 0. The molecule has 3 unspecified atom stereocenters. The van der Waals surface area contributed by atoms with Crippen LogP contribution in [0.3, 0.4) is 0 Å². The average molecular weight is 609 g/mol. The summed E-state index contributed by atoms with van der Waals surface area (Å²) in [5.41, 5.74) is 9.65. The number of nitrogens with two attached hydrogens (primary N) is 1. The van der Waals surface area contributed by atoms with Crippen LogP contribution in [0.5, 0.6) is 0 Å². The van der Waals surface area contributed by atoms with E-state index in [1.807, 2.05) is 71.0 Å². The molecule has 248 valence electrons. The highest BCUT2D eigenvalue weighted by atomic mass is 16.3. The molecule has 0 bridgehead atoms. The van der Waals surface area contributed by atoms with Gasteiger partial charge in [0.1, 0.15) is 0 Å². The summed E-state index contributed by atoms with van der Waals surface area (Å²) in [4.78, 5) is 16.0. The van der Waals surface area contributed by atoms with Crippen LogP contribution in [-0.2, 0) is 4.79 Å². The zero-order valence-corrected chi connectivity index (χ0v) is 29.1. The molecule has 0 spiro atoms. The van der Waals surface area contributed by atoms with E-state index in [2.05, 4.69) is 24.1 Å². The lowest BCUT2D eigenvalue weighted by Gasteiger charge is -2.48. The van der Waals surface area contributed by atoms with E-state index < -0.39 is 5.41 Å². The SMILES string of the molecule is CC.CCC(C)CC(O)CC.Cc1ccc(C(=N)C2(C)CC(C(=O)NCC3(N4CCCCC4)CCCCC3)=CC=C2N)cc1. The lowest BCUT2D eigenvalue weighted by molar-refractivity contribution is -0.118. The Bertz CT molecular complexity index is 1070. The molecule has 1 heterocycles. The van der Waals surface area contributed by atoms with Gasteiger partial charge in [0.2, 0.25) is 5.91 Å². The van der Waals surface area contributed by atoms with E-state index >= 15 is 0 Å². The fourth-order valence-corrected chi connectivity index (χ4v) is 6.68. The highest BCUT2D eigenvalue weighted by Gasteiger charge is 2.40. The van der Waals surface area contributed by atoms with Gasteiger partial charge in [0, 0.05) is 23.4 Å². The number of amides is 1. The van der Waals surface area contributed by atoms with Crippen LogP contribution in [0.15, 0.2) is 47.7 Å². The normalized spacial score (nSPS) is 22.9. The van der Waals surface area contributed by atoms with Crippen molar-refractivity contribution in [2.45, 2.75) is 137 Å². The molecule has 1 saturated heterocycles. The molecule has 3 atom stereocenters. The molecule has 6 nitrogen and oxygen atoms in total. The fourth-order valence-electron chi connectivity index (χ4n) is 6.68. The first-order chi connectivity index (χ1) is 21.0. The van der Waals surface area contributed by atoms with E-state index in [1.54, 1.807) is 0 Å². The van der Waals surface area contributed by atoms with Crippen molar-refractivity contribution in [3.63, 3.8) is 0 Å². The van der Waals surface area contributed by atoms with Crippen molar-refractivity contribution in [2.75, 3.05) is 19.6 Å². The van der Waals surface area contributed by atoms with Crippen LogP contribution in [0.2, 0.25) is 0 Å². The van der Waals surface area contributed by atoms with Crippen LogP contribution >= 0.6 is 0 Å². The molecular formula is C38H64N4O2. The van der Waals surface area contributed by atoms with Gasteiger partial charge < -0.3 is 21.6 Å². The Balaban J connectivity index is 0.000000529. The topological polar surface area (TPSA) is 102 Å². The summed E-state index contributed by atoms with van der Waals surface area (Å²) in [5.74, 6) is 0.670. The molecule has 1 aromatic rings. The number of aliphatic hydroxyl groups excluding tert-OH is 1. The lowest BCUT2D eigenvalue weighted by atomic mass is 9.71. The average Bonchev–Trinajstić information content (AvgIpc) is 3.06. The van der Waals surface area contributed by atoms with E-state index in [0.717, 1.165) is 37.1 Å². The minimum Gasteiger partial charge on any atom is -0.401 e. The maximum absolute atomic E-state index is 13.3. The molecule has 2 fully saturated rings. The number of allylic oxidation sites excluding steroid dienone is 3. The van der Waals surface area contributed by atoms with Gasteiger partial charge in [-0.2, -0.15) is 0 Å². The molecule has 6 heteroatoms. The van der Waals surface area contributed by atoms with Crippen LogP contribution < -0.4 is 11.1 Å². The lowest BCUT2D eigenvalue weighted by Crippen LogP contribution is -2.58. The zero-order chi connectivity index (χ0) is 32.8. The minimum atomic E-state index is -0.688. The first-order valence-corrected chi connectivity index (χ1v) is 17.6. The van der Waals surface area contributed by atoms with Crippen LogP contribution in [-0.4, -0.2) is 52.9 Å². The fraction of sp³-hybridized carbons (Fsp3) is 0.684. The number of aryl methyl sites for hydroxylation is 1. The predicted molar refractivity (Wildman–Crippen MR) is 187 cm³/mol. The Morgan fingerprint density at radius 1 is 1.00 bits per heavy atom. The maximum atomic E-state index is 13.3. The molecule has 5 N–H and O–H groups in total. The molecular weight excluding hydrogens is 544 g/mol. The Kier molecular flexibility index (Phi) is 15.9. The quantitative estimate of drug-likeness (QED) is 0.202. The van der Waals surface area contributed by atoms with E-state index in [4.69, 9.17) is 16.2 Å². The van der Waals surface area contributed by atoms with Gasteiger partial charge in [-0.3, -0.25) is 9.69 Å². The van der Waals surface area contributed by atoms with Crippen molar-refractivity contribution in [3.05, 3.63) is 58.8 Å². The van der Waals surface area contributed by atoms with Crippen LogP contribution in [0, 0.1) is 23.7 Å². The van der Waals surface area contributed by atoms with Gasteiger partial charge >= 0.3 is 0 Å². The van der Waals surface area contributed by atoms with Crippen molar-refractivity contribution in [3.8, 4) is 0 Å². The summed E-state index contributed by atoms with van der Waals surface area (Å²) in [5, 5.41) is 21.4. The third kappa shape index (κ3) is 10.3. The number of nitrogens with zero attached hydrogens (tertiary/aromatic N) is 1. The van der Waals surface area contributed by atoms with Gasteiger partial charge in [0.05, 0.1) is 17.2 Å². The Labute approximate surface area is 269 Å². The summed E-state index contributed by atoms with van der Waals surface area (Å²) in [6.45, 7) is 17.4. The number of carbonyl (C=O) groups excluding carboxylic acids is 1. The number of hydrogen-bond donors (Lipinski definition) is 4. The number of piperidine rings is 1. The van der Waals surface area contributed by atoms with E-state index in [1.165, 1.54) is 57.8 Å². The van der Waals surface area contributed by atoms with Gasteiger partial charge in [0.25, 0.3) is 0 Å². The highest BCUT2D eigenvalue weighted by molar-refractivity contribution is 6.06. The molecule has 1 saturated carbocycles. The molecule has 3 aliphatic rings. The summed E-state index contributed by atoms with van der Waals surface area (Å²) >= 11 is 0. The van der Waals surface area contributed by atoms with Crippen molar-refractivity contribution in [1.82, 2.24) is 10.2 Å². The third-order valence-corrected chi connectivity index (χ3v) is 10.1. The summed E-state index contributed by atoms with van der Waals surface area (Å²) in [6.07, 6.45) is 17.1. The second kappa shape index (κ2) is 18.5. The van der Waals surface area contributed by atoms with E-state index in [-0.39, 0.29) is 17.6 Å². The number of nitrogens with one attached hydrogen (secondary N) is 2. The molecule has 2 aliphatic carbocycles. The monoisotopic (exact) mass is 609 g/mol. The molecule has 1 amide bonds. The van der Waals surface area contributed by atoms with Gasteiger partial charge in [0.15, 0.2) is 0 Å². The predicted octanol–water partition coefficient (Wildman–Crippen LogP) is 8.07. The summed E-state index contributed by atoms with van der Waals surface area (Å²) in [7, 11) is 0. The number of carbonyl (C=O) groups is 1. The van der Waals surface area contributed by atoms with Crippen molar-refractivity contribution < 1.29 is 9.90 Å². The van der Waals surface area contributed by atoms with Gasteiger partial charge in [-0.25, -0.2) is 0 Å². The maximum Gasteiger partial charge on any atom is 0.247 e. The largest absolute Gasteiger partial charge is 0.401 e. The summed E-state index contributed by atoms with van der Waals surface area (Å²) in [6, 6.07) is 7.98. The zero-order valence-electron chi connectivity index (χ0n) is 29.1. The van der Waals surface area contributed by atoms with Crippen LogP contribution in [0.4, 0.5) is 0 Å². The number of benzene rings is 1. The third-order valence-electron chi connectivity index (χ3n) is 10.1. The molecule has 1 aromatic carbocycles. The van der Waals surface area contributed by atoms with Gasteiger partial charge in [-0.15, -0.1) is 0 Å². The van der Waals surface area contributed by atoms with Crippen LogP contribution in [0.1, 0.15) is 130 Å². The first kappa shape index (κ1) is 37.7. The second-order valence-electron chi connectivity index (χ2n) is 13.4. The molecule has 4 rings (SSSR count). The highest BCUT2D eigenvalue weighted by Crippen LogP contribution is 2.39. The number of hydrogen-bond acceptors (Lipinski definition) is 5. The number of likely N-dealkylation sites (tertiary alicyclic amines) is 1. The Hall–Kier alpha value is -2.44.